The molecule has 0 bridgehead atoms. The van der Waals surface area contributed by atoms with Crippen molar-refractivity contribution >= 4 is 11.6 Å². The van der Waals surface area contributed by atoms with E-state index in [1.54, 1.807) is 12.1 Å². The maximum Gasteiger partial charge on any atom is 0.126 e. The molecule has 0 atom stereocenters. The smallest absolute Gasteiger partial charge is 0.126 e. The van der Waals surface area contributed by atoms with Crippen molar-refractivity contribution in [3.8, 4) is 0 Å². The SMILES string of the molecule is CCNCCCCc1cc(Cl)ccc1F. The van der Waals surface area contributed by atoms with Crippen molar-refractivity contribution in [3.63, 3.8) is 0 Å². The molecule has 84 valence electrons. The highest BCUT2D eigenvalue weighted by atomic mass is 35.5. The number of unbranched alkanes of at least 4 members (excludes halogenated alkanes) is 1. The van der Waals surface area contributed by atoms with Crippen molar-refractivity contribution in [2.75, 3.05) is 13.1 Å². The molecule has 0 fully saturated rings. The first-order valence-corrected chi connectivity index (χ1v) is 5.76. The van der Waals surface area contributed by atoms with E-state index in [-0.39, 0.29) is 5.82 Å². The predicted octanol–water partition coefficient (Wildman–Crippen LogP) is 3.41. The molecule has 0 heterocycles. The molecule has 0 saturated carbocycles. The number of hydrogen-bond donors (Lipinski definition) is 1. The highest BCUT2D eigenvalue weighted by Crippen LogP contribution is 2.16. The summed E-state index contributed by atoms with van der Waals surface area (Å²) in [5, 5.41) is 3.85. The summed E-state index contributed by atoms with van der Waals surface area (Å²) >= 11 is 5.80. The lowest BCUT2D eigenvalue weighted by Crippen LogP contribution is -2.14. The summed E-state index contributed by atoms with van der Waals surface area (Å²) in [6.45, 7) is 4.07. The first-order valence-electron chi connectivity index (χ1n) is 5.38. The fraction of sp³-hybridized carbons (Fsp3) is 0.500. The highest BCUT2D eigenvalue weighted by molar-refractivity contribution is 6.30. The van der Waals surface area contributed by atoms with Crippen molar-refractivity contribution in [1.29, 1.82) is 0 Å². The van der Waals surface area contributed by atoms with E-state index in [0.717, 1.165) is 37.9 Å². The predicted molar refractivity (Wildman–Crippen MR) is 62.9 cm³/mol. The van der Waals surface area contributed by atoms with Gasteiger partial charge in [0, 0.05) is 5.02 Å². The molecule has 0 aliphatic carbocycles. The minimum absolute atomic E-state index is 0.150. The van der Waals surface area contributed by atoms with Crippen LogP contribution in [0, 0.1) is 5.82 Å². The molecule has 3 heteroatoms. The number of nitrogens with one attached hydrogen (secondary N) is 1. The molecular weight excluding hydrogens is 213 g/mol. The molecule has 0 unspecified atom stereocenters. The van der Waals surface area contributed by atoms with Gasteiger partial charge in [0.05, 0.1) is 0 Å². The van der Waals surface area contributed by atoms with Gasteiger partial charge in [0.2, 0.25) is 0 Å². The Bertz CT molecular complexity index is 302. The van der Waals surface area contributed by atoms with Gasteiger partial charge in [-0.05, 0) is 56.1 Å². The van der Waals surface area contributed by atoms with Crippen LogP contribution in [-0.2, 0) is 6.42 Å². The molecular formula is C12H17ClFN. The standard InChI is InChI=1S/C12H17ClFN/c1-2-15-8-4-3-5-10-9-11(13)6-7-12(10)14/h6-7,9,15H,2-5,8H2,1H3. The van der Waals surface area contributed by atoms with E-state index in [9.17, 15) is 4.39 Å². The quantitative estimate of drug-likeness (QED) is 0.738. The van der Waals surface area contributed by atoms with Crippen LogP contribution in [-0.4, -0.2) is 13.1 Å². The van der Waals surface area contributed by atoms with Crippen LogP contribution in [0.3, 0.4) is 0 Å². The van der Waals surface area contributed by atoms with Gasteiger partial charge in [-0.2, -0.15) is 0 Å². The summed E-state index contributed by atoms with van der Waals surface area (Å²) in [4.78, 5) is 0. The van der Waals surface area contributed by atoms with E-state index < -0.39 is 0 Å². The monoisotopic (exact) mass is 229 g/mol. The Balaban J connectivity index is 2.33. The number of benzene rings is 1. The van der Waals surface area contributed by atoms with Crippen LogP contribution >= 0.6 is 11.6 Å². The second kappa shape index (κ2) is 6.81. The second-order valence-corrected chi connectivity index (χ2v) is 3.98. The molecule has 1 aromatic rings. The van der Waals surface area contributed by atoms with Gasteiger partial charge in [-0.3, -0.25) is 0 Å². The normalized spacial score (nSPS) is 10.6. The summed E-state index contributed by atoms with van der Waals surface area (Å²) in [6.07, 6.45) is 2.82. The first-order chi connectivity index (χ1) is 7.24. The third-order valence-electron chi connectivity index (χ3n) is 2.31. The van der Waals surface area contributed by atoms with Gasteiger partial charge >= 0.3 is 0 Å². The van der Waals surface area contributed by atoms with Gasteiger partial charge in [-0.1, -0.05) is 18.5 Å². The minimum atomic E-state index is -0.150. The van der Waals surface area contributed by atoms with Crippen LogP contribution < -0.4 is 5.32 Å². The van der Waals surface area contributed by atoms with E-state index in [4.69, 9.17) is 11.6 Å². The lowest BCUT2D eigenvalue weighted by atomic mass is 10.1. The molecule has 0 aromatic heterocycles. The first kappa shape index (κ1) is 12.5. The molecule has 0 spiro atoms. The molecule has 1 rings (SSSR count). The molecule has 0 aliphatic rings. The molecule has 15 heavy (non-hydrogen) atoms. The van der Waals surface area contributed by atoms with Crippen molar-refractivity contribution in [2.45, 2.75) is 26.2 Å². The van der Waals surface area contributed by atoms with Crippen LogP contribution in [0.1, 0.15) is 25.3 Å². The largest absolute Gasteiger partial charge is 0.317 e. The van der Waals surface area contributed by atoms with Crippen LogP contribution in [0.2, 0.25) is 5.02 Å². The molecule has 1 nitrogen and oxygen atoms in total. The van der Waals surface area contributed by atoms with E-state index in [1.807, 2.05) is 0 Å². The Labute approximate surface area is 95.6 Å². The average molecular weight is 230 g/mol. The third kappa shape index (κ3) is 4.63. The number of aryl methyl sites for hydroxylation is 1. The van der Waals surface area contributed by atoms with Crippen LogP contribution in [0.15, 0.2) is 18.2 Å². The van der Waals surface area contributed by atoms with Gasteiger partial charge in [-0.15, -0.1) is 0 Å². The van der Waals surface area contributed by atoms with Gasteiger partial charge in [0.1, 0.15) is 5.82 Å². The van der Waals surface area contributed by atoms with Crippen molar-refractivity contribution in [1.82, 2.24) is 5.32 Å². The Morgan fingerprint density at radius 2 is 2.13 bits per heavy atom. The number of halogens is 2. The van der Waals surface area contributed by atoms with Gasteiger partial charge < -0.3 is 5.32 Å². The lowest BCUT2D eigenvalue weighted by molar-refractivity contribution is 0.591. The van der Waals surface area contributed by atoms with Crippen LogP contribution in [0.25, 0.3) is 0 Å². The zero-order valence-electron chi connectivity index (χ0n) is 9.02. The molecule has 1 aromatic carbocycles. The molecule has 1 N–H and O–H groups in total. The fourth-order valence-electron chi connectivity index (χ4n) is 1.48. The van der Waals surface area contributed by atoms with Crippen LogP contribution in [0.5, 0.6) is 0 Å². The summed E-state index contributed by atoms with van der Waals surface area (Å²) in [6, 6.07) is 4.73. The maximum atomic E-state index is 13.3. The zero-order chi connectivity index (χ0) is 11.1. The van der Waals surface area contributed by atoms with Crippen LogP contribution in [0.4, 0.5) is 4.39 Å². The van der Waals surface area contributed by atoms with Crippen molar-refractivity contribution in [3.05, 3.63) is 34.6 Å². The van der Waals surface area contributed by atoms with Crippen molar-refractivity contribution < 1.29 is 4.39 Å². The Morgan fingerprint density at radius 3 is 2.87 bits per heavy atom. The number of rotatable bonds is 6. The van der Waals surface area contributed by atoms with E-state index in [0.29, 0.717) is 5.02 Å². The topological polar surface area (TPSA) is 12.0 Å². The van der Waals surface area contributed by atoms with Gasteiger partial charge in [0.25, 0.3) is 0 Å². The molecule has 0 amide bonds. The molecule has 0 radical (unpaired) electrons. The summed E-state index contributed by atoms with van der Waals surface area (Å²) < 4.78 is 13.3. The minimum Gasteiger partial charge on any atom is -0.317 e. The van der Waals surface area contributed by atoms with E-state index >= 15 is 0 Å². The Morgan fingerprint density at radius 1 is 1.33 bits per heavy atom. The Hall–Kier alpha value is -0.600. The van der Waals surface area contributed by atoms with Crippen molar-refractivity contribution in [2.24, 2.45) is 0 Å². The van der Waals surface area contributed by atoms with Gasteiger partial charge in [-0.25, -0.2) is 4.39 Å². The third-order valence-corrected chi connectivity index (χ3v) is 2.54. The van der Waals surface area contributed by atoms with Gasteiger partial charge in [0.15, 0.2) is 0 Å². The summed E-state index contributed by atoms with van der Waals surface area (Å²) in [5.41, 5.74) is 0.721. The number of hydrogen-bond acceptors (Lipinski definition) is 1. The Kier molecular flexibility index (Phi) is 5.66. The summed E-state index contributed by atoms with van der Waals surface area (Å²) in [7, 11) is 0. The fourth-order valence-corrected chi connectivity index (χ4v) is 1.67. The average Bonchev–Trinajstić information content (AvgIpc) is 2.23. The molecule has 0 saturated heterocycles. The molecule has 0 aliphatic heterocycles. The lowest BCUT2D eigenvalue weighted by Gasteiger charge is -2.04. The zero-order valence-corrected chi connectivity index (χ0v) is 9.78. The second-order valence-electron chi connectivity index (χ2n) is 3.55. The maximum absolute atomic E-state index is 13.3. The highest BCUT2D eigenvalue weighted by Gasteiger charge is 2.02. The van der Waals surface area contributed by atoms with E-state index in [1.165, 1.54) is 6.07 Å². The van der Waals surface area contributed by atoms with E-state index in [2.05, 4.69) is 12.2 Å². The summed E-state index contributed by atoms with van der Waals surface area (Å²) in [5.74, 6) is -0.150.